The summed E-state index contributed by atoms with van der Waals surface area (Å²) in [4.78, 5) is 29.8. The maximum absolute atomic E-state index is 13.1. The largest absolute Gasteiger partial charge is 0.396 e. The van der Waals surface area contributed by atoms with Crippen LogP contribution in [0.15, 0.2) is 64.4 Å². The van der Waals surface area contributed by atoms with Gasteiger partial charge in [0.15, 0.2) is 6.23 Å². The monoisotopic (exact) mass is 459 g/mol. The second kappa shape index (κ2) is 9.35. The molecule has 2 aromatic heterocycles. The van der Waals surface area contributed by atoms with Gasteiger partial charge in [-0.2, -0.15) is 0 Å². The quantitative estimate of drug-likeness (QED) is 0.497. The van der Waals surface area contributed by atoms with Gasteiger partial charge >= 0.3 is 5.69 Å². The van der Waals surface area contributed by atoms with Gasteiger partial charge in [0.2, 0.25) is 0 Å². The Morgan fingerprint density at radius 1 is 1.09 bits per heavy atom. The number of halogens is 1. The van der Waals surface area contributed by atoms with E-state index in [1.165, 1.54) is 18.5 Å². The van der Waals surface area contributed by atoms with Crippen LogP contribution in [0.4, 0.5) is 0 Å². The summed E-state index contributed by atoms with van der Waals surface area (Å²) in [5, 5.41) is 30.0. The van der Waals surface area contributed by atoms with Crippen molar-refractivity contribution in [3.8, 4) is 11.1 Å². The maximum atomic E-state index is 13.1. The van der Waals surface area contributed by atoms with Gasteiger partial charge in [0.25, 0.3) is 5.56 Å². The molecular formula is C22H22ClN3O6. The summed E-state index contributed by atoms with van der Waals surface area (Å²) >= 11 is 6.29. The molecule has 0 bridgehead atoms. The van der Waals surface area contributed by atoms with E-state index >= 15 is 0 Å². The van der Waals surface area contributed by atoms with Gasteiger partial charge in [-0.3, -0.25) is 18.9 Å². The van der Waals surface area contributed by atoms with E-state index in [9.17, 15) is 19.8 Å². The highest BCUT2D eigenvalue weighted by molar-refractivity contribution is 6.33. The molecule has 0 radical (unpaired) electrons. The predicted octanol–water partition coefficient (Wildman–Crippen LogP) is 0.775. The minimum Gasteiger partial charge on any atom is -0.396 e. The minimum absolute atomic E-state index is 0.0973. The molecule has 4 rings (SSSR count). The van der Waals surface area contributed by atoms with E-state index in [0.717, 1.165) is 14.7 Å². The highest BCUT2D eigenvalue weighted by atomic mass is 35.5. The van der Waals surface area contributed by atoms with Crippen LogP contribution in [0.2, 0.25) is 5.02 Å². The Hall–Kier alpha value is -2.82. The molecule has 0 saturated carbocycles. The van der Waals surface area contributed by atoms with E-state index in [0.29, 0.717) is 16.3 Å². The molecule has 1 fully saturated rings. The third-order valence-corrected chi connectivity index (χ3v) is 5.74. The van der Waals surface area contributed by atoms with Crippen molar-refractivity contribution >= 4 is 11.6 Å². The molecule has 0 amide bonds. The van der Waals surface area contributed by atoms with Crippen LogP contribution in [-0.2, 0) is 11.3 Å². The lowest BCUT2D eigenvalue weighted by molar-refractivity contribution is -0.0458. The van der Waals surface area contributed by atoms with Crippen molar-refractivity contribution < 1.29 is 20.1 Å². The highest BCUT2D eigenvalue weighted by Crippen LogP contribution is 2.30. The van der Waals surface area contributed by atoms with E-state index < -0.39 is 35.8 Å². The molecule has 0 aliphatic carbocycles. The van der Waals surface area contributed by atoms with E-state index in [1.807, 2.05) is 30.3 Å². The lowest BCUT2D eigenvalue weighted by Crippen LogP contribution is -2.43. The first-order chi connectivity index (χ1) is 15.4. The Morgan fingerprint density at radius 2 is 1.84 bits per heavy atom. The number of ether oxygens (including phenoxy) is 1. The van der Waals surface area contributed by atoms with Gasteiger partial charge in [-0.05, 0) is 18.1 Å². The standard InChI is InChI=1S/C22H22ClN3O6/c23-16-11-24-14(10-15(16)13-4-2-1-3-5-13)12-26-18(28)6-8-25(22(26)31)21-20(30)19(29)17(32-21)7-9-27/h1-6,8,10-11,17,19-21,27,29-30H,7,9,12H2. The van der Waals surface area contributed by atoms with Crippen molar-refractivity contribution in [3.05, 3.63) is 86.4 Å². The minimum atomic E-state index is -1.39. The SMILES string of the molecule is O=c1ccn(C2OC(CCO)C(O)C2O)c(=O)n1Cc1cc(-c2ccccc2)c(Cl)cn1. The Balaban J connectivity index is 1.68. The lowest BCUT2D eigenvalue weighted by Gasteiger charge is -2.18. The molecule has 4 atom stereocenters. The first kappa shape index (κ1) is 22.4. The molecule has 1 aliphatic heterocycles. The van der Waals surface area contributed by atoms with E-state index in [-0.39, 0.29) is 19.6 Å². The number of aliphatic hydroxyl groups excluding tert-OH is 3. The molecule has 32 heavy (non-hydrogen) atoms. The van der Waals surface area contributed by atoms with Gasteiger partial charge in [0.05, 0.1) is 23.4 Å². The van der Waals surface area contributed by atoms with Gasteiger partial charge in [-0.1, -0.05) is 41.9 Å². The van der Waals surface area contributed by atoms with Crippen molar-refractivity contribution in [1.29, 1.82) is 0 Å². The lowest BCUT2D eigenvalue weighted by atomic mass is 10.1. The topological polar surface area (TPSA) is 127 Å². The van der Waals surface area contributed by atoms with Gasteiger partial charge in [-0.25, -0.2) is 4.79 Å². The molecule has 3 heterocycles. The number of aromatic nitrogens is 3. The number of pyridine rings is 1. The average Bonchev–Trinajstić information content (AvgIpc) is 3.07. The zero-order valence-corrected chi connectivity index (χ0v) is 17.7. The number of hydrogen-bond donors (Lipinski definition) is 3. The molecule has 9 nitrogen and oxygen atoms in total. The molecule has 0 spiro atoms. The zero-order chi connectivity index (χ0) is 22.8. The molecule has 10 heteroatoms. The van der Waals surface area contributed by atoms with Crippen LogP contribution < -0.4 is 11.2 Å². The van der Waals surface area contributed by atoms with Gasteiger partial charge in [0, 0.05) is 30.6 Å². The molecule has 168 valence electrons. The van der Waals surface area contributed by atoms with Crippen LogP contribution in [0.25, 0.3) is 11.1 Å². The molecule has 1 aromatic carbocycles. The number of aliphatic hydroxyl groups is 3. The van der Waals surface area contributed by atoms with Crippen LogP contribution in [-0.4, -0.2) is 54.4 Å². The highest BCUT2D eigenvalue weighted by Gasteiger charge is 2.43. The van der Waals surface area contributed by atoms with Crippen molar-refractivity contribution in [2.24, 2.45) is 0 Å². The molecule has 3 N–H and O–H groups in total. The fourth-order valence-corrected chi connectivity index (χ4v) is 3.98. The Labute approximate surface area is 187 Å². The molecular weight excluding hydrogens is 438 g/mol. The summed E-state index contributed by atoms with van der Waals surface area (Å²) in [6, 6.07) is 12.3. The third-order valence-electron chi connectivity index (χ3n) is 5.44. The smallest absolute Gasteiger partial charge is 0.333 e. The Morgan fingerprint density at radius 3 is 2.56 bits per heavy atom. The van der Waals surface area contributed by atoms with Crippen LogP contribution >= 0.6 is 11.6 Å². The number of hydrogen-bond acceptors (Lipinski definition) is 7. The molecule has 3 aromatic rings. The predicted molar refractivity (Wildman–Crippen MR) is 116 cm³/mol. The number of nitrogens with zero attached hydrogens (tertiary/aromatic N) is 3. The fourth-order valence-electron chi connectivity index (χ4n) is 3.76. The fraction of sp³-hybridized carbons (Fsp3) is 0.318. The normalized spacial score (nSPS) is 22.9. The van der Waals surface area contributed by atoms with Crippen molar-refractivity contribution in [1.82, 2.24) is 14.1 Å². The maximum Gasteiger partial charge on any atom is 0.333 e. The number of rotatable bonds is 6. The van der Waals surface area contributed by atoms with Gasteiger partial charge < -0.3 is 20.1 Å². The van der Waals surface area contributed by atoms with E-state index in [1.54, 1.807) is 6.07 Å². The van der Waals surface area contributed by atoms with Crippen LogP contribution in [0.5, 0.6) is 0 Å². The van der Waals surface area contributed by atoms with Crippen molar-refractivity contribution in [3.63, 3.8) is 0 Å². The molecule has 1 aliphatic rings. The van der Waals surface area contributed by atoms with Crippen LogP contribution in [0, 0.1) is 0 Å². The Kier molecular flexibility index (Phi) is 6.54. The van der Waals surface area contributed by atoms with Crippen molar-refractivity contribution in [2.75, 3.05) is 6.61 Å². The summed E-state index contributed by atoms with van der Waals surface area (Å²) < 4.78 is 7.61. The second-order valence-corrected chi connectivity index (χ2v) is 7.92. The first-order valence-electron chi connectivity index (χ1n) is 10.0. The Bertz CT molecular complexity index is 1210. The second-order valence-electron chi connectivity index (χ2n) is 7.51. The summed E-state index contributed by atoms with van der Waals surface area (Å²) in [7, 11) is 0. The van der Waals surface area contributed by atoms with Crippen molar-refractivity contribution in [2.45, 2.75) is 37.5 Å². The third kappa shape index (κ3) is 4.25. The number of benzene rings is 1. The van der Waals surface area contributed by atoms with Crippen LogP contribution in [0.3, 0.4) is 0 Å². The zero-order valence-electron chi connectivity index (χ0n) is 16.9. The summed E-state index contributed by atoms with van der Waals surface area (Å²) in [6.45, 7) is -0.373. The summed E-state index contributed by atoms with van der Waals surface area (Å²) in [5.41, 5.74) is 0.744. The summed E-state index contributed by atoms with van der Waals surface area (Å²) in [5.74, 6) is 0. The molecule has 1 saturated heterocycles. The van der Waals surface area contributed by atoms with Gasteiger partial charge in [-0.15, -0.1) is 0 Å². The summed E-state index contributed by atoms with van der Waals surface area (Å²) in [6.07, 6.45) is -1.92. The average molecular weight is 460 g/mol. The molecule has 4 unspecified atom stereocenters. The van der Waals surface area contributed by atoms with E-state index in [4.69, 9.17) is 21.4 Å². The van der Waals surface area contributed by atoms with Gasteiger partial charge in [0.1, 0.15) is 12.2 Å². The first-order valence-corrected chi connectivity index (χ1v) is 10.4. The van der Waals surface area contributed by atoms with Crippen LogP contribution in [0.1, 0.15) is 18.3 Å². The van der Waals surface area contributed by atoms with E-state index in [2.05, 4.69) is 4.98 Å².